The molecule has 0 amide bonds. The number of benzene rings is 7. The van der Waals surface area contributed by atoms with Gasteiger partial charge in [0.05, 0.1) is 0 Å². The lowest BCUT2D eigenvalue weighted by molar-refractivity contribution is 1.66. The van der Waals surface area contributed by atoms with Crippen LogP contribution in [0.4, 0.5) is 0 Å². The van der Waals surface area contributed by atoms with Crippen molar-refractivity contribution in [2.24, 2.45) is 0 Å². The number of rotatable bonds is 2. The van der Waals surface area contributed by atoms with Gasteiger partial charge in [0.15, 0.2) is 0 Å². The Morgan fingerprint density at radius 3 is 1.00 bits per heavy atom. The largest absolute Gasteiger partial charge is 0.0622 e. The minimum Gasteiger partial charge on any atom is -0.0622 e. The van der Waals surface area contributed by atoms with Crippen LogP contribution in [0.3, 0.4) is 0 Å². The maximum absolute atomic E-state index is 2.39. The maximum atomic E-state index is 2.39. The average Bonchev–Trinajstić information content (AvgIpc) is 3.51. The fourth-order valence-corrected chi connectivity index (χ4v) is 6.93. The monoisotopic (exact) mass is 478 g/mol. The molecule has 9 rings (SSSR count). The molecule has 38 heavy (non-hydrogen) atoms. The van der Waals surface area contributed by atoms with Crippen molar-refractivity contribution in [3.8, 4) is 22.3 Å². The van der Waals surface area contributed by atoms with Crippen molar-refractivity contribution < 1.29 is 0 Å². The summed E-state index contributed by atoms with van der Waals surface area (Å²) < 4.78 is 0. The Morgan fingerprint density at radius 1 is 0.211 bits per heavy atom. The van der Waals surface area contributed by atoms with Gasteiger partial charge in [0.1, 0.15) is 0 Å². The van der Waals surface area contributed by atoms with E-state index in [1.165, 1.54) is 86.9 Å². The second-order valence-corrected chi connectivity index (χ2v) is 10.5. The topological polar surface area (TPSA) is 0 Å². The molecule has 9 aromatic rings. The molecule has 0 heteroatoms. The molecule has 0 unspecified atom stereocenters. The second-order valence-electron chi connectivity index (χ2n) is 10.5. The molecule has 0 radical (unpaired) electrons. The van der Waals surface area contributed by atoms with Gasteiger partial charge < -0.3 is 0 Å². The Bertz CT molecular complexity index is 2140. The summed E-state index contributed by atoms with van der Waals surface area (Å²) in [7, 11) is 0. The van der Waals surface area contributed by atoms with Gasteiger partial charge in [-0.05, 0) is 99.0 Å². The van der Waals surface area contributed by atoms with Crippen LogP contribution in [0.5, 0.6) is 0 Å². The average molecular weight is 479 g/mol. The van der Waals surface area contributed by atoms with E-state index in [9.17, 15) is 0 Å². The molecule has 0 saturated heterocycles. The Labute approximate surface area is 220 Å². The third kappa shape index (κ3) is 2.54. The normalized spacial score (nSPS) is 12.2. The molecule has 0 aromatic heterocycles. The third-order valence-corrected chi connectivity index (χ3v) is 8.54. The molecule has 9 aromatic carbocycles. The van der Waals surface area contributed by atoms with Crippen LogP contribution in [0, 0.1) is 0 Å². The van der Waals surface area contributed by atoms with E-state index in [1.54, 1.807) is 0 Å². The van der Waals surface area contributed by atoms with Crippen LogP contribution in [0.1, 0.15) is 0 Å². The van der Waals surface area contributed by atoms with Gasteiger partial charge in [-0.15, -0.1) is 0 Å². The standard InChI is InChI=1S/C38H22/c1-3-9-23(10-4-1)25-17-19-29-33(21-25)27-13-7-15-31-35(27)37(29)32-16-8-14-28-34-22-26(24-11-5-2-6-12-24)18-20-30(34)38(31)36(28)32/h1-22H. The van der Waals surface area contributed by atoms with Gasteiger partial charge in [0.25, 0.3) is 0 Å². The number of fused-ring (bicyclic) bond motifs is 8. The lowest BCUT2D eigenvalue weighted by Crippen LogP contribution is -1.79. The molecule has 0 saturated carbocycles. The third-order valence-electron chi connectivity index (χ3n) is 8.54. The van der Waals surface area contributed by atoms with E-state index in [-0.39, 0.29) is 0 Å². The quantitative estimate of drug-likeness (QED) is 0.217. The van der Waals surface area contributed by atoms with Crippen molar-refractivity contribution in [2.75, 3.05) is 0 Å². The summed E-state index contributed by atoms with van der Waals surface area (Å²) in [5.41, 5.74) is 5.06. The minimum absolute atomic E-state index is 1.26. The smallest absolute Gasteiger partial charge is 0.00137 e. The number of hydrogen-bond acceptors (Lipinski definition) is 0. The zero-order valence-electron chi connectivity index (χ0n) is 20.7. The van der Waals surface area contributed by atoms with Crippen LogP contribution in [-0.4, -0.2) is 0 Å². The Hall–Kier alpha value is -4.94. The van der Waals surface area contributed by atoms with Crippen molar-refractivity contribution in [1.29, 1.82) is 0 Å². The van der Waals surface area contributed by atoms with Gasteiger partial charge in [0.2, 0.25) is 0 Å². The molecule has 0 aliphatic heterocycles. The van der Waals surface area contributed by atoms with Crippen molar-refractivity contribution >= 4 is 64.6 Å². The molecular formula is C38H22. The first-order valence-corrected chi connectivity index (χ1v) is 13.3. The van der Waals surface area contributed by atoms with Gasteiger partial charge in [-0.2, -0.15) is 0 Å². The van der Waals surface area contributed by atoms with Gasteiger partial charge in [-0.3, -0.25) is 0 Å². The van der Waals surface area contributed by atoms with Crippen LogP contribution < -0.4 is 0 Å². The van der Waals surface area contributed by atoms with E-state index >= 15 is 0 Å². The first kappa shape index (κ1) is 20.2. The van der Waals surface area contributed by atoms with Crippen molar-refractivity contribution in [3.05, 3.63) is 133 Å². The van der Waals surface area contributed by atoms with Crippen LogP contribution in [-0.2, 0) is 0 Å². The fourth-order valence-electron chi connectivity index (χ4n) is 6.93. The van der Waals surface area contributed by atoms with Crippen molar-refractivity contribution in [2.45, 2.75) is 0 Å². The zero-order valence-corrected chi connectivity index (χ0v) is 20.7. The molecule has 0 heterocycles. The SMILES string of the molecule is c1ccc(-c2ccc3c(c2)c2cccc4c2c3c2cccc3c5cc(-c6ccccc6)ccc5c4c32)cc1. The van der Waals surface area contributed by atoms with Crippen LogP contribution >= 0.6 is 0 Å². The fraction of sp³-hybridized carbons (Fsp3) is 0. The van der Waals surface area contributed by atoms with Crippen LogP contribution in [0.15, 0.2) is 133 Å². The molecule has 0 aliphatic carbocycles. The molecule has 0 N–H and O–H groups in total. The molecule has 0 atom stereocenters. The van der Waals surface area contributed by atoms with E-state index in [1.807, 2.05) is 0 Å². The second kappa shape index (κ2) is 7.31. The molecule has 0 fully saturated rings. The molecule has 174 valence electrons. The highest BCUT2D eigenvalue weighted by molar-refractivity contribution is 6.47. The van der Waals surface area contributed by atoms with Gasteiger partial charge in [-0.25, -0.2) is 0 Å². The highest BCUT2D eigenvalue weighted by Gasteiger charge is 2.21. The summed E-state index contributed by atoms with van der Waals surface area (Å²) in [4.78, 5) is 0. The van der Waals surface area contributed by atoms with Gasteiger partial charge >= 0.3 is 0 Å². The zero-order chi connectivity index (χ0) is 24.8. The Balaban J connectivity index is 1.45. The van der Waals surface area contributed by atoms with E-state index in [2.05, 4.69) is 133 Å². The lowest BCUT2D eigenvalue weighted by Gasteiger charge is -2.07. The highest BCUT2D eigenvalue weighted by Crippen LogP contribution is 2.50. The Morgan fingerprint density at radius 2 is 0.579 bits per heavy atom. The van der Waals surface area contributed by atoms with Crippen molar-refractivity contribution in [1.82, 2.24) is 0 Å². The van der Waals surface area contributed by atoms with Crippen LogP contribution in [0.25, 0.3) is 86.9 Å². The van der Waals surface area contributed by atoms with Crippen molar-refractivity contribution in [3.63, 3.8) is 0 Å². The summed E-state index contributed by atoms with van der Waals surface area (Å²) in [6.07, 6.45) is 0. The molecule has 0 spiro atoms. The van der Waals surface area contributed by atoms with Gasteiger partial charge in [-0.1, -0.05) is 121 Å². The molecule has 0 aliphatic rings. The van der Waals surface area contributed by atoms with E-state index in [0.717, 1.165) is 0 Å². The lowest BCUT2D eigenvalue weighted by atomic mass is 9.95. The van der Waals surface area contributed by atoms with Gasteiger partial charge in [0, 0.05) is 0 Å². The highest BCUT2D eigenvalue weighted by atomic mass is 14.2. The summed E-state index contributed by atoms with van der Waals surface area (Å²) in [5, 5.41) is 16.4. The van der Waals surface area contributed by atoms with E-state index in [0.29, 0.717) is 0 Å². The summed E-state index contributed by atoms with van der Waals surface area (Å²) in [5.74, 6) is 0. The Kier molecular flexibility index (Phi) is 3.88. The molecule has 0 bridgehead atoms. The molecule has 0 nitrogen and oxygen atoms in total. The summed E-state index contributed by atoms with van der Waals surface area (Å²) in [6, 6.07) is 49.2. The first-order valence-electron chi connectivity index (χ1n) is 13.3. The van der Waals surface area contributed by atoms with Crippen LogP contribution in [0.2, 0.25) is 0 Å². The predicted octanol–water partition coefficient (Wildman–Crippen LogP) is 10.8. The minimum atomic E-state index is 1.26. The number of hydrogen-bond donors (Lipinski definition) is 0. The predicted molar refractivity (Wildman–Crippen MR) is 165 cm³/mol. The van der Waals surface area contributed by atoms with E-state index < -0.39 is 0 Å². The van der Waals surface area contributed by atoms with E-state index in [4.69, 9.17) is 0 Å². The summed E-state index contributed by atoms with van der Waals surface area (Å²) >= 11 is 0. The first-order chi connectivity index (χ1) is 18.9. The molecular weight excluding hydrogens is 456 g/mol. The summed E-state index contributed by atoms with van der Waals surface area (Å²) in [6.45, 7) is 0. The maximum Gasteiger partial charge on any atom is -0.00137 e.